The molecule has 1 heterocycles. The van der Waals surface area contributed by atoms with Crippen molar-refractivity contribution in [1.29, 1.82) is 0 Å². The maximum absolute atomic E-state index is 12.2. The molecule has 1 saturated heterocycles. The first-order valence-corrected chi connectivity index (χ1v) is 8.61. The SMILES string of the molecule is Cl.O=C(NCCNC(=O)C1CC2CCCCC2N1)c1ccccc1. The van der Waals surface area contributed by atoms with Crippen molar-refractivity contribution in [2.24, 2.45) is 5.92 Å². The molecule has 5 nitrogen and oxygen atoms in total. The molecule has 3 unspecified atom stereocenters. The van der Waals surface area contributed by atoms with Gasteiger partial charge in [-0.2, -0.15) is 0 Å². The molecule has 3 atom stereocenters. The summed E-state index contributed by atoms with van der Waals surface area (Å²) >= 11 is 0. The van der Waals surface area contributed by atoms with E-state index in [0.717, 1.165) is 6.42 Å². The average molecular weight is 352 g/mol. The quantitative estimate of drug-likeness (QED) is 0.709. The second kappa shape index (κ2) is 9.04. The van der Waals surface area contributed by atoms with Crippen molar-refractivity contribution in [2.45, 2.75) is 44.2 Å². The number of amides is 2. The Hall–Kier alpha value is -1.59. The van der Waals surface area contributed by atoms with Gasteiger partial charge in [0.25, 0.3) is 5.91 Å². The Bertz CT molecular complexity index is 538. The van der Waals surface area contributed by atoms with Crippen molar-refractivity contribution in [3.05, 3.63) is 35.9 Å². The van der Waals surface area contributed by atoms with Gasteiger partial charge < -0.3 is 16.0 Å². The Morgan fingerprint density at radius 2 is 1.75 bits per heavy atom. The van der Waals surface area contributed by atoms with Gasteiger partial charge in [-0.3, -0.25) is 9.59 Å². The van der Waals surface area contributed by atoms with Crippen LogP contribution in [0.4, 0.5) is 0 Å². The van der Waals surface area contributed by atoms with Gasteiger partial charge in [0.05, 0.1) is 6.04 Å². The summed E-state index contributed by atoms with van der Waals surface area (Å²) in [5.41, 5.74) is 0.639. The molecule has 2 aliphatic rings. The van der Waals surface area contributed by atoms with Gasteiger partial charge in [0.2, 0.25) is 5.91 Å². The van der Waals surface area contributed by atoms with Crippen molar-refractivity contribution in [3.8, 4) is 0 Å². The van der Waals surface area contributed by atoms with Crippen molar-refractivity contribution in [3.63, 3.8) is 0 Å². The van der Waals surface area contributed by atoms with E-state index in [0.29, 0.717) is 30.6 Å². The van der Waals surface area contributed by atoms with Crippen LogP contribution in [0.1, 0.15) is 42.5 Å². The number of hydrogen-bond donors (Lipinski definition) is 3. The standard InChI is InChI=1S/C18H25N3O2.ClH/c22-17(13-6-2-1-3-7-13)19-10-11-20-18(23)16-12-14-8-4-5-9-15(14)21-16;/h1-3,6-7,14-16,21H,4-5,8-12H2,(H,19,22)(H,20,23);1H. The van der Waals surface area contributed by atoms with Crippen LogP contribution in [0.25, 0.3) is 0 Å². The van der Waals surface area contributed by atoms with E-state index in [1.54, 1.807) is 12.1 Å². The summed E-state index contributed by atoms with van der Waals surface area (Å²) in [6.45, 7) is 0.907. The Morgan fingerprint density at radius 1 is 1.04 bits per heavy atom. The van der Waals surface area contributed by atoms with Gasteiger partial charge in [0.1, 0.15) is 0 Å². The van der Waals surface area contributed by atoms with Gasteiger partial charge >= 0.3 is 0 Å². The molecule has 1 aromatic rings. The number of halogens is 1. The van der Waals surface area contributed by atoms with Crippen molar-refractivity contribution in [2.75, 3.05) is 13.1 Å². The highest BCUT2D eigenvalue weighted by molar-refractivity contribution is 5.94. The number of hydrogen-bond acceptors (Lipinski definition) is 3. The van der Waals surface area contributed by atoms with E-state index >= 15 is 0 Å². The van der Waals surface area contributed by atoms with Crippen molar-refractivity contribution >= 4 is 24.2 Å². The first-order valence-electron chi connectivity index (χ1n) is 8.61. The summed E-state index contributed by atoms with van der Waals surface area (Å²) in [5, 5.41) is 9.21. The van der Waals surface area contributed by atoms with E-state index in [1.807, 2.05) is 18.2 Å². The van der Waals surface area contributed by atoms with Crippen LogP contribution in [0.3, 0.4) is 0 Å². The van der Waals surface area contributed by atoms with Crippen molar-refractivity contribution < 1.29 is 9.59 Å². The van der Waals surface area contributed by atoms with E-state index in [-0.39, 0.29) is 30.3 Å². The lowest BCUT2D eigenvalue weighted by molar-refractivity contribution is -0.122. The van der Waals surface area contributed by atoms with Crippen LogP contribution in [0.15, 0.2) is 30.3 Å². The second-order valence-corrected chi connectivity index (χ2v) is 6.52. The third-order valence-electron chi connectivity index (χ3n) is 4.93. The molecule has 132 valence electrons. The van der Waals surface area contributed by atoms with Crippen LogP contribution in [0.5, 0.6) is 0 Å². The minimum absolute atomic E-state index is 0. The van der Waals surface area contributed by atoms with Crippen LogP contribution in [-0.2, 0) is 4.79 Å². The van der Waals surface area contributed by atoms with Crippen molar-refractivity contribution in [1.82, 2.24) is 16.0 Å². The fourth-order valence-electron chi connectivity index (χ4n) is 3.70. The largest absolute Gasteiger partial charge is 0.353 e. The molecule has 2 amide bonds. The molecule has 0 radical (unpaired) electrons. The molecular formula is C18H26ClN3O2. The van der Waals surface area contributed by atoms with Gasteiger partial charge in [-0.1, -0.05) is 31.0 Å². The lowest BCUT2D eigenvalue weighted by Gasteiger charge is -2.24. The topological polar surface area (TPSA) is 70.2 Å². The van der Waals surface area contributed by atoms with E-state index < -0.39 is 0 Å². The number of fused-ring (bicyclic) bond motifs is 1. The summed E-state index contributed by atoms with van der Waals surface area (Å²) in [6, 6.07) is 9.56. The van der Waals surface area contributed by atoms with Gasteiger partial charge in [-0.05, 0) is 37.3 Å². The Balaban J connectivity index is 0.00000208. The molecule has 0 spiro atoms. The predicted molar refractivity (Wildman–Crippen MR) is 96.3 cm³/mol. The molecule has 24 heavy (non-hydrogen) atoms. The zero-order valence-corrected chi connectivity index (χ0v) is 14.6. The molecule has 6 heteroatoms. The highest BCUT2D eigenvalue weighted by atomic mass is 35.5. The zero-order valence-electron chi connectivity index (χ0n) is 13.8. The Labute approximate surface area is 149 Å². The van der Waals surface area contributed by atoms with Gasteiger partial charge in [-0.25, -0.2) is 0 Å². The summed E-state index contributed by atoms with van der Waals surface area (Å²) in [7, 11) is 0. The molecule has 3 rings (SSSR count). The Morgan fingerprint density at radius 3 is 2.50 bits per heavy atom. The fraction of sp³-hybridized carbons (Fsp3) is 0.556. The number of nitrogens with one attached hydrogen (secondary N) is 3. The maximum Gasteiger partial charge on any atom is 0.251 e. The molecule has 3 N–H and O–H groups in total. The maximum atomic E-state index is 12.2. The lowest BCUT2D eigenvalue weighted by Crippen LogP contribution is -2.45. The molecule has 1 aliphatic heterocycles. The third-order valence-corrected chi connectivity index (χ3v) is 4.93. The van der Waals surface area contributed by atoms with Crippen LogP contribution >= 0.6 is 12.4 Å². The average Bonchev–Trinajstić information content (AvgIpc) is 3.03. The summed E-state index contributed by atoms with van der Waals surface area (Å²) in [4.78, 5) is 24.1. The minimum atomic E-state index is -0.107. The molecule has 1 saturated carbocycles. The van der Waals surface area contributed by atoms with Crippen LogP contribution < -0.4 is 16.0 Å². The first kappa shape index (κ1) is 18.7. The highest BCUT2D eigenvalue weighted by Gasteiger charge is 2.37. The summed E-state index contributed by atoms with van der Waals surface area (Å²) in [6.07, 6.45) is 5.96. The monoisotopic (exact) mass is 351 g/mol. The number of rotatable bonds is 5. The lowest BCUT2D eigenvalue weighted by atomic mass is 9.85. The van der Waals surface area contributed by atoms with Crippen LogP contribution in [-0.4, -0.2) is 37.0 Å². The summed E-state index contributed by atoms with van der Waals surface area (Å²) < 4.78 is 0. The second-order valence-electron chi connectivity index (χ2n) is 6.52. The number of carbonyl (C=O) groups excluding carboxylic acids is 2. The van der Waals surface area contributed by atoms with Gasteiger partial charge in [0, 0.05) is 24.7 Å². The molecule has 1 aromatic carbocycles. The first-order chi connectivity index (χ1) is 11.2. The van der Waals surface area contributed by atoms with E-state index in [4.69, 9.17) is 0 Å². The smallest absolute Gasteiger partial charge is 0.251 e. The predicted octanol–water partition coefficient (Wildman–Crippen LogP) is 1.88. The van der Waals surface area contributed by atoms with Crippen LogP contribution in [0.2, 0.25) is 0 Å². The highest BCUT2D eigenvalue weighted by Crippen LogP contribution is 2.33. The van der Waals surface area contributed by atoms with E-state index in [9.17, 15) is 9.59 Å². The fourth-order valence-corrected chi connectivity index (χ4v) is 3.70. The number of benzene rings is 1. The summed E-state index contributed by atoms with van der Waals surface area (Å²) in [5.74, 6) is 0.621. The molecule has 0 bridgehead atoms. The molecular weight excluding hydrogens is 326 g/mol. The van der Waals surface area contributed by atoms with Gasteiger partial charge in [0.15, 0.2) is 0 Å². The van der Waals surface area contributed by atoms with Crippen LogP contribution in [0, 0.1) is 5.92 Å². The van der Waals surface area contributed by atoms with E-state index in [2.05, 4.69) is 16.0 Å². The minimum Gasteiger partial charge on any atom is -0.353 e. The van der Waals surface area contributed by atoms with E-state index in [1.165, 1.54) is 25.7 Å². The molecule has 2 fully saturated rings. The number of carbonyl (C=O) groups is 2. The Kier molecular flexibility index (Phi) is 7.06. The zero-order chi connectivity index (χ0) is 16.1. The molecule has 1 aliphatic carbocycles. The normalized spacial score (nSPS) is 25.2. The molecule has 0 aromatic heterocycles. The third kappa shape index (κ3) is 4.71. The van der Waals surface area contributed by atoms with Gasteiger partial charge in [-0.15, -0.1) is 12.4 Å².